The number of anilines is 1. The molecule has 1 heterocycles. The van der Waals surface area contributed by atoms with Gasteiger partial charge in [0.1, 0.15) is 17.3 Å². The highest BCUT2D eigenvalue weighted by molar-refractivity contribution is 6.32. The molecule has 9 heteroatoms. The summed E-state index contributed by atoms with van der Waals surface area (Å²) in [4.78, 5) is 11.5. The van der Waals surface area contributed by atoms with E-state index in [2.05, 4.69) is 20.7 Å². The van der Waals surface area contributed by atoms with E-state index in [0.717, 1.165) is 5.56 Å². The van der Waals surface area contributed by atoms with Crippen LogP contribution in [0.25, 0.3) is 0 Å². The maximum absolute atomic E-state index is 11.5. The third-order valence-corrected chi connectivity index (χ3v) is 4.34. The van der Waals surface area contributed by atoms with Crippen LogP contribution in [-0.2, 0) is 6.61 Å². The number of methoxy groups -OCH3 is 1. The van der Waals surface area contributed by atoms with Crippen LogP contribution in [0, 0.1) is 0 Å². The Balaban J connectivity index is 1.79. The molecule has 3 aromatic rings. The normalized spacial score (nSPS) is 10.8. The Morgan fingerprint density at radius 1 is 1.21 bits per heavy atom. The van der Waals surface area contributed by atoms with E-state index in [-0.39, 0.29) is 10.7 Å². The molecule has 0 spiro atoms. The topological polar surface area (TPSA) is 88.6 Å². The minimum absolute atomic E-state index is 0.0306. The number of H-pyrrole nitrogens is 1. The van der Waals surface area contributed by atoms with Gasteiger partial charge < -0.3 is 9.47 Å². The second-order valence-electron chi connectivity index (χ2n) is 5.59. The molecule has 2 aromatic carbocycles. The molecule has 0 aliphatic heterocycles. The van der Waals surface area contributed by atoms with Gasteiger partial charge in [-0.3, -0.25) is 10.2 Å². The van der Waals surface area contributed by atoms with Gasteiger partial charge in [0, 0.05) is 10.6 Å². The molecule has 0 radical (unpaired) electrons. The van der Waals surface area contributed by atoms with Crippen LogP contribution in [0.15, 0.2) is 58.6 Å². The molecule has 144 valence electrons. The Labute approximate surface area is 170 Å². The van der Waals surface area contributed by atoms with Crippen molar-refractivity contribution in [1.29, 1.82) is 0 Å². The maximum atomic E-state index is 11.5. The highest BCUT2D eigenvalue weighted by Gasteiger charge is 2.10. The summed E-state index contributed by atoms with van der Waals surface area (Å²) in [5, 5.41) is 10.6. The average molecular weight is 419 g/mol. The summed E-state index contributed by atoms with van der Waals surface area (Å²) >= 11 is 11.8. The third-order valence-electron chi connectivity index (χ3n) is 3.71. The number of rotatable bonds is 7. The zero-order valence-corrected chi connectivity index (χ0v) is 16.3. The monoisotopic (exact) mass is 418 g/mol. The van der Waals surface area contributed by atoms with Crippen molar-refractivity contribution in [1.82, 2.24) is 10.2 Å². The number of aromatic nitrogens is 2. The molecule has 0 fully saturated rings. The van der Waals surface area contributed by atoms with Crippen molar-refractivity contribution in [2.45, 2.75) is 6.61 Å². The maximum Gasteiger partial charge on any atom is 0.285 e. The smallest absolute Gasteiger partial charge is 0.285 e. The van der Waals surface area contributed by atoms with E-state index in [1.807, 2.05) is 24.3 Å². The van der Waals surface area contributed by atoms with Crippen LogP contribution in [-0.4, -0.2) is 23.5 Å². The van der Waals surface area contributed by atoms with Gasteiger partial charge in [-0.15, -0.1) is 0 Å². The number of aromatic amines is 1. The fourth-order valence-electron chi connectivity index (χ4n) is 2.32. The zero-order valence-electron chi connectivity index (χ0n) is 14.8. The quantitative estimate of drug-likeness (QED) is 0.445. The molecule has 0 atom stereocenters. The summed E-state index contributed by atoms with van der Waals surface area (Å²) in [5.41, 5.74) is 4.10. The van der Waals surface area contributed by atoms with Crippen molar-refractivity contribution in [2.75, 3.05) is 12.5 Å². The van der Waals surface area contributed by atoms with E-state index in [1.165, 1.54) is 12.4 Å². The molecule has 3 rings (SSSR count). The van der Waals surface area contributed by atoms with Gasteiger partial charge >= 0.3 is 0 Å². The lowest BCUT2D eigenvalue weighted by molar-refractivity contribution is 0.284. The highest BCUT2D eigenvalue weighted by Crippen LogP contribution is 2.31. The summed E-state index contributed by atoms with van der Waals surface area (Å²) in [5.74, 6) is 1.09. The molecule has 7 nitrogen and oxygen atoms in total. The molecular weight excluding hydrogens is 403 g/mol. The molecule has 0 bridgehead atoms. The van der Waals surface area contributed by atoms with Gasteiger partial charge in [-0.1, -0.05) is 41.4 Å². The third kappa shape index (κ3) is 4.82. The summed E-state index contributed by atoms with van der Waals surface area (Å²) in [6.07, 6.45) is 2.90. The fraction of sp³-hybridized carbons (Fsp3) is 0.105. The minimum Gasteiger partial charge on any atom is -0.493 e. The Morgan fingerprint density at radius 3 is 2.75 bits per heavy atom. The van der Waals surface area contributed by atoms with Gasteiger partial charge in [0.25, 0.3) is 5.56 Å². The lowest BCUT2D eigenvalue weighted by Crippen LogP contribution is -2.10. The highest BCUT2D eigenvalue weighted by atomic mass is 35.5. The van der Waals surface area contributed by atoms with Crippen LogP contribution in [0.3, 0.4) is 0 Å². The first kappa shape index (κ1) is 19.7. The van der Waals surface area contributed by atoms with Crippen molar-refractivity contribution in [3.8, 4) is 11.5 Å². The van der Waals surface area contributed by atoms with E-state index in [1.54, 1.807) is 25.3 Å². The van der Waals surface area contributed by atoms with Crippen molar-refractivity contribution < 1.29 is 9.47 Å². The molecular formula is C19H16Cl2N4O3. The Bertz CT molecular complexity index is 1040. The molecule has 0 aliphatic rings. The molecule has 0 saturated heterocycles. The second kappa shape index (κ2) is 9.25. The number of nitrogens with one attached hydrogen (secondary N) is 2. The van der Waals surface area contributed by atoms with Crippen molar-refractivity contribution in [3.05, 3.63) is 80.2 Å². The fourth-order valence-corrected chi connectivity index (χ4v) is 2.58. The number of benzene rings is 2. The van der Waals surface area contributed by atoms with E-state index in [9.17, 15) is 4.79 Å². The van der Waals surface area contributed by atoms with Crippen LogP contribution in [0.4, 0.5) is 5.69 Å². The number of halogens is 2. The van der Waals surface area contributed by atoms with Gasteiger partial charge in [-0.2, -0.15) is 10.2 Å². The first-order valence-corrected chi connectivity index (χ1v) is 8.90. The first-order valence-electron chi connectivity index (χ1n) is 8.15. The zero-order chi connectivity index (χ0) is 19.9. The minimum atomic E-state index is -0.504. The van der Waals surface area contributed by atoms with Crippen LogP contribution >= 0.6 is 23.2 Å². The molecule has 0 saturated carbocycles. The number of nitrogens with zero attached hydrogens (tertiary/aromatic N) is 2. The SMILES string of the molecule is COc1cccc(/C=N/Nc2cn[nH]c(=O)c2Cl)c1OCc1ccc(Cl)cc1. The Hall–Kier alpha value is -3.03. The number of hydrogen-bond acceptors (Lipinski definition) is 6. The molecule has 0 amide bonds. The van der Waals surface area contributed by atoms with Gasteiger partial charge in [0.2, 0.25) is 0 Å². The van der Waals surface area contributed by atoms with E-state index >= 15 is 0 Å². The predicted octanol–water partition coefficient (Wildman–Crippen LogP) is 4.11. The molecule has 2 N–H and O–H groups in total. The molecule has 0 unspecified atom stereocenters. The van der Waals surface area contributed by atoms with E-state index in [0.29, 0.717) is 28.7 Å². The molecule has 1 aromatic heterocycles. The first-order chi connectivity index (χ1) is 13.6. The van der Waals surface area contributed by atoms with Crippen LogP contribution in [0.1, 0.15) is 11.1 Å². The second-order valence-corrected chi connectivity index (χ2v) is 6.40. The molecule has 0 aliphatic carbocycles. The lowest BCUT2D eigenvalue weighted by Gasteiger charge is -2.13. The number of para-hydroxylation sites is 1. The number of hydrogen-bond donors (Lipinski definition) is 2. The standard InChI is InChI=1S/C19H16Cl2N4O3/c1-27-16-4-2-3-13(9-22-24-15-10-23-25-19(26)17(15)21)18(16)28-11-12-5-7-14(20)8-6-12/h2-10H,11H2,1H3,(H2,24,25,26)/b22-9+. The largest absolute Gasteiger partial charge is 0.493 e. The number of ether oxygens (including phenoxy) is 2. The lowest BCUT2D eigenvalue weighted by atomic mass is 10.2. The number of hydrazone groups is 1. The van der Waals surface area contributed by atoms with Crippen LogP contribution in [0.5, 0.6) is 11.5 Å². The van der Waals surface area contributed by atoms with Crippen LogP contribution < -0.4 is 20.5 Å². The van der Waals surface area contributed by atoms with Crippen molar-refractivity contribution in [3.63, 3.8) is 0 Å². The average Bonchev–Trinajstić information content (AvgIpc) is 2.71. The Kier molecular flexibility index (Phi) is 6.52. The van der Waals surface area contributed by atoms with E-state index < -0.39 is 5.56 Å². The van der Waals surface area contributed by atoms with Crippen molar-refractivity contribution in [2.24, 2.45) is 5.10 Å². The summed E-state index contributed by atoms with van der Waals surface area (Å²) in [6, 6.07) is 12.8. The van der Waals surface area contributed by atoms with Gasteiger partial charge in [0.15, 0.2) is 11.5 Å². The summed E-state index contributed by atoms with van der Waals surface area (Å²) < 4.78 is 11.3. The van der Waals surface area contributed by atoms with Gasteiger partial charge in [-0.25, -0.2) is 5.10 Å². The van der Waals surface area contributed by atoms with Crippen molar-refractivity contribution >= 4 is 35.1 Å². The molecule has 28 heavy (non-hydrogen) atoms. The summed E-state index contributed by atoms with van der Waals surface area (Å²) in [6.45, 7) is 0.329. The van der Waals surface area contributed by atoms with Gasteiger partial charge in [0.05, 0.1) is 19.5 Å². The van der Waals surface area contributed by atoms with Crippen LogP contribution in [0.2, 0.25) is 10.0 Å². The summed E-state index contributed by atoms with van der Waals surface area (Å²) in [7, 11) is 1.56. The Morgan fingerprint density at radius 2 is 2.00 bits per heavy atom. The predicted molar refractivity (Wildman–Crippen MR) is 110 cm³/mol. The van der Waals surface area contributed by atoms with Gasteiger partial charge in [-0.05, 0) is 29.8 Å². The van der Waals surface area contributed by atoms with E-state index in [4.69, 9.17) is 32.7 Å².